The molecule has 1 saturated carbocycles. The maximum Gasteiger partial charge on any atom is 0.232 e. The van der Waals surface area contributed by atoms with Crippen LogP contribution < -0.4 is 10.6 Å². The van der Waals surface area contributed by atoms with E-state index in [2.05, 4.69) is 20.8 Å². The van der Waals surface area contributed by atoms with Crippen molar-refractivity contribution in [2.24, 2.45) is 11.8 Å². The molecule has 7 nitrogen and oxygen atoms in total. The Morgan fingerprint density at radius 1 is 1.19 bits per heavy atom. The van der Waals surface area contributed by atoms with Crippen molar-refractivity contribution in [3.8, 4) is 11.4 Å². The second-order valence-corrected chi connectivity index (χ2v) is 6.98. The molecule has 3 rings (SSSR count). The van der Waals surface area contributed by atoms with E-state index in [0.717, 1.165) is 5.56 Å². The number of amides is 2. The van der Waals surface area contributed by atoms with Crippen molar-refractivity contribution in [3.63, 3.8) is 0 Å². The zero-order chi connectivity index (χ0) is 18.7. The third-order valence-corrected chi connectivity index (χ3v) is 4.82. The van der Waals surface area contributed by atoms with Gasteiger partial charge >= 0.3 is 0 Å². The predicted octanol–water partition coefficient (Wildman–Crippen LogP) is 2.12. The summed E-state index contributed by atoms with van der Waals surface area (Å²) >= 11 is 0. The fourth-order valence-electron chi connectivity index (χ4n) is 3.33. The van der Waals surface area contributed by atoms with Gasteiger partial charge in [0.25, 0.3) is 0 Å². The molecular weight excluding hydrogens is 332 g/mol. The van der Waals surface area contributed by atoms with Gasteiger partial charge in [0.15, 0.2) is 0 Å². The standard InChI is InChI=1S/C19H24N4O3/c1-11(2)17(24)21-15-10-13(18(25)20-3)9-14(15)19-22-16(23-26-19)12-7-5-4-6-8-12/h4-8,11,13-15H,9-10H2,1-3H3,(H,20,25)(H,21,24)/t13-,14-,15+/m1/s1. The lowest BCUT2D eigenvalue weighted by Crippen LogP contribution is -2.39. The highest BCUT2D eigenvalue weighted by atomic mass is 16.5. The second-order valence-electron chi connectivity index (χ2n) is 6.98. The topological polar surface area (TPSA) is 97.1 Å². The van der Waals surface area contributed by atoms with E-state index in [4.69, 9.17) is 4.52 Å². The third-order valence-electron chi connectivity index (χ3n) is 4.82. The van der Waals surface area contributed by atoms with Gasteiger partial charge in [-0.2, -0.15) is 4.98 Å². The lowest BCUT2D eigenvalue weighted by molar-refractivity contribution is -0.126. The molecule has 0 spiro atoms. The Bertz CT molecular complexity index is 772. The number of nitrogens with one attached hydrogen (secondary N) is 2. The summed E-state index contributed by atoms with van der Waals surface area (Å²) in [7, 11) is 1.62. The number of nitrogens with zero attached hydrogens (tertiary/aromatic N) is 2. The zero-order valence-corrected chi connectivity index (χ0v) is 15.2. The Hall–Kier alpha value is -2.70. The summed E-state index contributed by atoms with van der Waals surface area (Å²) in [6, 6.07) is 9.37. The minimum absolute atomic E-state index is 0.0286. The van der Waals surface area contributed by atoms with E-state index in [1.165, 1.54) is 0 Å². The molecule has 0 aliphatic heterocycles. The Morgan fingerprint density at radius 2 is 1.92 bits per heavy atom. The quantitative estimate of drug-likeness (QED) is 0.855. The first kappa shape index (κ1) is 18.1. The molecule has 26 heavy (non-hydrogen) atoms. The highest BCUT2D eigenvalue weighted by Crippen LogP contribution is 2.38. The van der Waals surface area contributed by atoms with Gasteiger partial charge in [-0.05, 0) is 12.8 Å². The third kappa shape index (κ3) is 3.76. The van der Waals surface area contributed by atoms with Crippen molar-refractivity contribution in [2.75, 3.05) is 7.05 Å². The van der Waals surface area contributed by atoms with Crippen molar-refractivity contribution in [3.05, 3.63) is 36.2 Å². The zero-order valence-electron chi connectivity index (χ0n) is 15.2. The summed E-state index contributed by atoms with van der Waals surface area (Å²) in [6.45, 7) is 3.69. The average molecular weight is 356 g/mol. The minimum atomic E-state index is -0.198. The van der Waals surface area contributed by atoms with Crippen LogP contribution in [-0.4, -0.2) is 35.0 Å². The van der Waals surface area contributed by atoms with E-state index in [9.17, 15) is 9.59 Å². The molecule has 0 unspecified atom stereocenters. The van der Waals surface area contributed by atoms with Gasteiger partial charge in [-0.15, -0.1) is 0 Å². The summed E-state index contributed by atoms with van der Waals surface area (Å²) in [5, 5.41) is 9.80. The van der Waals surface area contributed by atoms with Gasteiger partial charge in [0, 0.05) is 30.5 Å². The van der Waals surface area contributed by atoms with Crippen molar-refractivity contribution in [1.82, 2.24) is 20.8 Å². The largest absolute Gasteiger partial charge is 0.359 e. The second kappa shape index (κ2) is 7.68. The number of aromatic nitrogens is 2. The lowest BCUT2D eigenvalue weighted by atomic mass is 10.0. The monoisotopic (exact) mass is 356 g/mol. The van der Waals surface area contributed by atoms with Crippen molar-refractivity contribution < 1.29 is 14.1 Å². The van der Waals surface area contributed by atoms with Crippen LogP contribution in [0.15, 0.2) is 34.9 Å². The number of carbonyl (C=O) groups excluding carboxylic acids is 2. The predicted molar refractivity (Wildman–Crippen MR) is 96.0 cm³/mol. The summed E-state index contributed by atoms with van der Waals surface area (Å²) < 4.78 is 5.49. The van der Waals surface area contributed by atoms with Crippen molar-refractivity contribution in [2.45, 2.75) is 38.6 Å². The number of hydrogen-bond acceptors (Lipinski definition) is 5. The first-order valence-corrected chi connectivity index (χ1v) is 8.90. The van der Waals surface area contributed by atoms with Gasteiger partial charge in [0.2, 0.25) is 23.5 Å². The van der Waals surface area contributed by atoms with E-state index in [1.807, 2.05) is 44.2 Å². The van der Waals surface area contributed by atoms with Crippen LogP contribution in [0, 0.1) is 11.8 Å². The summed E-state index contributed by atoms with van der Waals surface area (Å²) in [5.41, 5.74) is 0.867. The van der Waals surface area contributed by atoms with Gasteiger partial charge in [-0.1, -0.05) is 49.3 Å². The fourth-order valence-corrected chi connectivity index (χ4v) is 3.33. The first-order valence-electron chi connectivity index (χ1n) is 8.90. The van der Waals surface area contributed by atoms with Gasteiger partial charge in [0.05, 0.1) is 5.92 Å². The molecule has 1 aromatic carbocycles. The molecule has 1 aromatic heterocycles. The van der Waals surface area contributed by atoms with E-state index in [0.29, 0.717) is 24.6 Å². The molecule has 138 valence electrons. The molecule has 1 aliphatic rings. The Morgan fingerprint density at radius 3 is 2.58 bits per heavy atom. The van der Waals surface area contributed by atoms with E-state index in [-0.39, 0.29) is 35.6 Å². The molecule has 2 N–H and O–H groups in total. The first-order chi connectivity index (χ1) is 12.5. The number of rotatable bonds is 5. The summed E-state index contributed by atoms with van der Waals surface area (Å²) in [4.78, 5) is 28.8. The number of carbonyl (C=O) groups is 2. The van der Waals surface area contributed by atoms with Crippen LogP contribution in [0.25, 0.3) is 11.4 Å². The summed E-state index contributed by atoms with van der Waals surface area (Å²) in [6.07, 6.45) is 1.13. The molecule has 0 saturated heterocycles. The van der Waals surface area contributed by atoms with Gasteiger partial charge in [-0.25, -0.2) is 0 Å². The normalized spacial score (nSPS) is 22.4. The lowest BCUT2D eigenvalue weighted by Gasteiger charge is -2.19. The Balaban J connectivity index is 1.83. The van der Waals surface area contributed by atoms with E-state index in [1.54, 1.807) is 7.05 Å². The van der Waals surface area contributed by atoms with Crippen LogP contribution >= 0.6 is 0 Å². The maximum absolute atomic E-state index is 12.2. The van der Waals surface area contributed by atoms with Gasteiger partial charge in [0.1, 0.15) is 0 Å². The van der Waals surface area contributed by atoms with Crippen LogP contribution in [0.2, 0.25) is 0 Å². The minimum Gasteiger partial charge on any atom is -0.359 e. The smallest absolute Gasteiger partial charge is 0.232 e. The molecule has 1 aliphatic carbocycles. The molecule has 2 aromatic rings. The Kier molecular flexibility index (Phi) is 5.35. The molecule has 0 bridgehead atoms. The molecule has 1 fully saturated rings. The number of benzene rings is 1. The van der Waals surface area contributed by atoms with Gasteiger partial charge < -0.3 is 15.2 Å². The van der Waals surface area contributed by atoms with E-state index >= 15 is 0 Å². The van der Waals surface area contributed by atoms with Crippen molar-refractivity contribution in [1.29, 1.82) is 0 Å². The van der Waals surface area contributed by atoms with Gasteiger partial charge in [-0.3, -0.25) is 9.59 Å². The van der Waals surface area contributed by atoms with Crippen LogP contribution in [0.3, 0.4) is 0 Å². The molecule has 2 amide bonds. The highest BCUT2D eigenvalue weighted by Gasteiger charge is 2.42. The molecule has 7 heteroatoms. The molecule has 0 radical (unpaired) electrons. The highest BCUT2D eigenvalue weighted by molar-refractivity contribution is 5.80. The van der Waals surface area contributed by atoms with Crippen LogP contribution in [0.1, 0.15) is 38.5 Å². The van der Waals surface area contributed by atoms with E-state index < -0.39 is 0 Å². The van der Waals surface area contributed by atoms with Crippen molar-refractivity contribution >= 4 is 11.8 Å². The SMILES string of the molecule is CNC(=O)[C@H]1C[C@H](NC(=O)C(C)C)[C@H](c2nc(-c3ccccc3)no2)C1. The Labute approximate surface area is 152 Å². The number of hydrogen-bond donors (Lipinski definition) is 2. The van der Waals surface area contributed by atoms with Crippen LogP contribution in [0.5, 0.6) is 0 Å². The van der Waals surface area contributed by atoms with Crippen LogP contribution in [-0.2, 0) is 9.59 Å². The average Bonchev–Trinajstić information content (AvgIpc) is 3.28. The molecule has 3 atom stereocenters. The molecule has 1 heterocycles. The fraction of sp³-hybridized carbons (Fsp3) is 0.474. The summed E-state index contributed by atoms with van der Waals surface area (Å²) in [5.74, 6) is 0.415. The molecular formula is C19H24N4O3. The van der Waals surface area contributed by atoms with Crippen LogP contribution in [0.4, 0.5) is 0 Å². The maximum atomic E-state index is 12.2.